The van der Waals surface area contributed by atoms with E-state index in [0.29, 0.717) is 22.7 Å². The minimum atomic E-state index is -4.50. The van der Waals surface area contributed by atoms with Crippen molar-refractivity contribution in [2.45, 2.75) is 18.7 Å². The second-order valence-corrected chi connectivity index (χ2v) is 12.1. The number of aryl methyl sites for hydroxylation is 1. The van der Waals surface area contributed by atoms with Crippen LogP contribution in [0.25, 0.3) is 44.3 Å². The molecule has 48 heavy (non-hydrogen) atoms. The van der Waals surface area contributed by atoms with Crippen molar-refractivity contribution < 1.29 is 27.4 Å². The Morgan fingerprint density at radius 1 is 0.688 bits per heavy atom. The topological polar surface area (TPSA) is 32.6 Å². The van der Waals surface area contributed by atoms with Crippen LogP contribution in [0.15, 0.2) is 121 Å². The number of methoxy groups -OCH3 is 2. The van der Waals surface area contributed by atoms with Gasteiger partial charge in [0.2, 0.25) is 0 Å². The van der Waals surface area contributed by atoms with Crippen molar-refractivity contribution in [3.63, 3.8) is 0 Å². The normalized spacial score (nSPS) is 15.9. The molecule has 1 aliphatic rings. The third-order valence-electron chi connectivity index (χ3n) is 9.23. The van der Waals surface area contributed by atoms with Gasteiger partial charge in [0.1, 0.15) is 17.2 Å². The number of halogens is 3. The van der Waals surface area contributed by atoms with Gasteiger partial charge in [0.15, 0.2) is 5.60 Å². The number of hydrogen-bond donors (Lipinski definition) is 0. The predicted octanol–water partition coefficient (Wildman–Crippen LogP) is 10.6. The number of nitrogens with zero attached hydrogens (tertiary/aromatic N) is 1. The van der Waals surface area contributed by atoms with Gasteiger partial charge in [-0.25, -0.2) is 0 Å². The first-order chi connectivity index (χ1) is 23.2. The van der Waals surface area contributed by atoms with E-state index in [1.165, 1.54) is 12.1 Å². The lowest BCUT2D eigenvalue weighted by molar-refractivity contribution is -0.137. The molecule has 4 nitrogen and oxygen atoms in total. The zero-order valence-electron chi connectivity index (χ0n) is 26.4. The van der Waals surface area contributed by atoms with Gasteiger partial charge in [0.25, 0.3) is 0 Å². The van der Waals surface area contributed by atoms with Crippen LogP contribution in [0.4, 0.5) is 13.2 Å². The molecule has 0 N–H and O–H groups in total. The zero-order valence-corrected chi connectivity index (χ0v) is 26.4. The van der Waals surface area contributed by atoms with Gasteiger partial charge in [-0.15, -0.1) is 0 Å². The predicted molar refractivity (Wildman–Crippen MR) is 184 cm³/mol. The van der Waals surface area contributed by atoms with Crippen LogP contribution >= 0.6 is 0 Å². The van der Waals surface area contributed by atoms with Crippen LogP contribution in [0.3, 0.4) is 0 Å². The number of rotatable bonds is 5. The summed E-state index contributed by atoms with van der Waals surface area (Å²) in [5, 5.41) is 3.57. The van der Waals surface area contributed by atoms with Crippen molar-refractivity contribution in [2.75, 3.05) is 14.2 Å². The maximum absolute atomic E-state index is 14.2. The Balaban J connectivity index is 1.52. The summed E-state index contributed by atoms with van der Waals surface area (Å²) in [5.41, 5.74) is 3.34. The van der Waals surface area contributed by atoms with Crippen molar-refractivity contribution >= 4 is 38.7 Å². The molecule has 0 bridgehead atoms. The summed E-state index contributed by atoms with van der Waals surface area (Å²) in [6.45, 7) is 1.69. The Hall–Kier alpha value is -5.69. The van der Waals surface area contributed by atoms with Crippen molar-refractivity contribution in [1.29, 1.82) is 0 Å². The molecule has 1 atom stereocenters. The molecule has 238 valence electrons. The summed E-state index contributed by atoms with van der Waals surface area (Å²) in [7, 11) is 3.26. The highest BCUT2D eigenvalue weighted by Crippen LogP contribution is 2.51. The number of fused-ring (bicyclic) bond motifs is 8. The van der Waals surface area contributed by atoms with Gasteiger partial charge in [-0.2, -0.15) is 13.2 Å². The van der Waals surface area contributed by atoms with Crippen LogP contribution < -0.4 is 14.2 Å². The Labute approximate surface area is 275 Å². The first kappa shape index (κ1) is 29.7. The maximum atomic E-state index is 14.2. The van der Waals surface area contributed by atoms with E-state index in [-0.39, 0.29) is 0 Å². The first-order valence-electron chi connectivity index (χ1n) is 15.6. The molecule has 0 radical (unpaired) electrons. The molecule has 0 amide bonds. The third kappa shape index (κ3) is 4.53. The van der Waals surface area contributed by atoms with Gasteiger partial charge in [0, 0.05) is 38.5 Å². The van der Waals surface area contributed by atoms with Crippen LogP contribution in [0.1, 0.15) is 27.8 Å². The van der Waals surface area contributed by atoms with Gasteiger partial charge in [-0.05, 0) is 84.6 Å². The number of para-hydroxylation sites is 1. The van der Waals surface area contributed by atoms with Crippen LogP contribution in [-0.2, 0) is 11.8 Å². The average molecular weight is 642 g/mol. The standard InChI is InChI=1S/C41H30F3NO3/c1-25-21-28(41(42,43)44)23-29(22-25)45-36-12-8-7-11-33(36)37-32-18-17-31(47-3)24-35(32)39-34(38(37)45)19-20-40(48-39,26-9-5-4-6-10-26)27-13-15-30(46-2)16-14-27/h4-24H,1-3H3. The molecule has 8 rings (SSSR count). The molecular weight excluding hydrogens is 611 g/mol. The smallest absolute Gasteiger partial charge is 0.416 e. The van der Waals surface area contributed by atoms with E-state index in [9.17, 15) is 13.2 Å². The van der Waals surface area contributed by atoms with E-state index < -0.39 is 17.3 Å². The summed E-state index contributed by atoms with van der Waals surface area (Å²) >= 11 is 0. The van der Waals surface area contributed by atoms with E-state index in [1.54, 1.807) is 27.2 Å². The maximum Gasteiger partial charge on any atom is 0.416 e. The second kappa shape index (κ2) is 10.9. The first-order valence-corrected chi connectivity index (χ1v) is 15.6. The number of ether oxygens (including phenoxy) is 3. The third-order valence-corrected chi connectivity index (χ3v) is 9.23. The quantitative estimate of drug-likeness (QED) is 0.188. The molecule has 0 spiro atoms. The molecule has 7 aromatic rings. The largest absolute Gasteiger partial charge is 0.497 e. The van der Waals surface area contributed by atoms with Crippen molar-refractivity contribution in [1.82, 2.24) is 4.57 Å². The molecule has 0 aliphatic carbocycles. The van der Waals surface area contributed by atoms with Gasteiger partial charge < -0.3 is 18.8 Å². The number of aromatic nitrogens is 1. The van der Waals surface area contributed by atoms with Crippen LogP contribution in [-0.4, -0.2) is 18.8 Å². The monoisotopic (exact) mass is 641 g/mol. The lowest BCUT2D eigenvalue weighted by Crippen LogP contribution is -2.34. The minimum Gasteiger partial charge on any atom is -0.497 e. The summed E-state index contributed by atoms with van der Waals surface area (Å²) < 4.78 is 62.9. The van der Waals surface area contributed by atoms with E-state index in [4.69, 9.17) is 14.2 Å². The van der Waals surface area contributed by atoms with Crippen LogP contribution in [0.2, 0.25) is 0 Å². The highest BCUT2D eigenvalue weighted by molar-refractivity contribution is 6.25. The fraction of sp³-hybridized carbons (Fsp3) is 0.122. The van der Waals surface area contributed by atoms with E-state index in [0.717, 1.165) is 55.0 Å². The SMILES string of the molecule is COc1ccc(C2(c3ccccc3)C=Cc3c(c4cc(OC)ccc4c4c5ccccc5n(-c5cc(C)cc(C(F)(F)F)c5)c34)O2)cc1. The molecule has 1 aliphatic heterocycles. The molecule has 0 saturated heterocycles. The molecule has 2 heterocycles. The summed E-state index contributed by atoms with van der Waals surface area (Å²) in [6, 6.07) is 35.7. The Morgan fingerprint density at radius 2 is 1.38 bits per heavy atom. The summed E-state index contributed by atoms with van der Waals surface area (Å²) in [4.78, 5) is 0. The fourth-order valence-corrected chi connectivity index (χ4v) is 7.06. The highest BCUT2D eigenvalue weighted by Gasteiger charge is 2.39. The van der Waals surface area contributed by atoms with E-state index in [2.05, 4.69) is 0 Å². The molecule has 6 aromatic carbocycles. The van der Waals surface area contributed by atoms with E-state index >= 15 is 0 Å². The van der Waals surface area contributed by atoms with Gasteiger partial charge in [-0.1, -0.05) is 60.7 Å². The van der Waals surface area contributed by atoms with E-state index in [1.807, 2.05) is 114 Å². The number of alkyl halides is 3. The Morgan fingerprint density at radius 3 is 2.10 bits per heavy atom. The number of hydrogen-bond acceptors (Lipinski definition) is 3. The van der Waals surface area contributed by atoms with Crippen molar-refractivity contribution in [3.8, 4) is 22.9 Å². The lowest BCUT2D eigenvalue weighted by atomic mass is 9.83. The molecule has 1 aromatic heterocycles. The Bertz CT molecular complexity index is 2390. The lowest BCUT2D eigenvalue weighted by Gasteiger charge is -2.37. The van der Waals surface area contributed by atoms with Gasteiger partial charge in [0.05, 0.1) is 30.8 Å². The van der Waals surface area contributed by atoms with Crippen molar-refractivity contribution in [3.05, 3.63) is 149 Å². The molecule has 7 heteroatoms. The summed E-state index contributed by atoms with van der Waals surface area (Å²) in [5.74, 6) is 1.99. The van der Waals surface area contributed by atoms with Gasteiger partial charge >= 0.3 is 6.18 Å². The fourth-order valence-electron chi connectivity index (χ4n) is 7.06. The highest BCUT2D eigenvalue weighted by atomic mass is 19.4. The van der Waals surface area contributed by atoms with Crippen LogP contribution in [0, 0.1) is 6.92 Å². The average Bonchev–Trinajstić information content (AvgIpc) is 3.46. The minimum absolute atomic E-state index is 0.423. The molecular formula is C41H30F3NO3. The Kier molecular flexibility index (Phi) is 6.77. The van der Waals surface area contributed by atoms with Crippen molar-refractivity contribution in [2.24, 2.45) is 0 Å². The molecule has 0 saturated carbocycles. The van der Waals surface area contributed by atoms with Gasteiger partial charge in [-0.3, -0.25) is 0 Å². The number of benzene rings is 6. The molecule has 1 unspecified atom stereocenters. The van der Waals surface area contributed by atoms with Crippen LogP contribution in [0.5, 0.6) is 17.2 Å². The zero-order chi connectivity index (χ0) is 33.2. The summed E-state index contributed by atoms with van der Waals surface area (Å²) in [6.07, 6.45) is -0.413. The second-order valence-electron chi connectivity index (χ2n) is 12.1. The molecule has 0 fully saturated rings.